The van der Waals surface area contributed by atoms with Crippen LogP contribution in [0.5, 0.6) is 0 Å². The zero-order valence-electron chi connectivity index (χ0n) is 16.0. The second kappa shape index (κ2) is 8.39. The van der Waals surface area contributed by atoms with Crippen LogP contribution in [-0.4, -0.2) is 60.2 Å². The van der Waals surface area contributed by atoms with Crippen molar-refractivity contribution in [1.82, 2.24) is 9.80 Å². The van der Waals surface area contributed by atoms with E-state index in [4.69, 9.17) is 9.47 Å². The summed E-state index contributed by atoms with van der Waals surface area (Å²) in [4.78, 5) is 28.1. The molecule has 0 aromatic heterocycles. The normalized spacial score (nSPS) is 18.5. The average Bonchev–Trinajstić information content (AvgIpc) is 2.54. The van der Waals surface area contributed by atoms with Gasteiger partial charge >= 0.3 is 12.1 Å². The number of esters is 1. The zero-order chi connectivity index (χ0) is 19.5. The Balaban J connectivity index is 2.01. The van der Waals surface area contributed by atoms with E-state index in [9.17, 15) is 9.59 Å². The highest BCUT2D eigenvalue weighted by Gasteiger charge is 2.31. The summed E-state index contributed by atoms with van der Waals surface area (Å²) in [5.74, 6) is -0.345. The molecule has 7 heteroatoms. The van der Waals surface area contributed by atoms with Gasteiger partial charge in [0.2, 0.25) is 0 Å². The summed E-state index contributed by atoms with van der Waals surface area (Å²) in [6, 6.07) is 5.51. The monoisotopic (exact) mass is 426 g/mol. The summed E-state index contributed by atoms with van der Waals surface area (Å²) in [5.41, 5.74) is 1.06. The molecule has 1 amide bonds. The molecule has 0 spiro atoms. The number of benzene rings is 1. The number of nitrogens with zero attached hydrogens (tertiary/aromatic N) is 2. The van der Waals surface area contributed by atoms with Crippen molar-refractivity contribution >= 4 is 28.0 Å². The Kier molecular flexibility index (Phi) is 6.69. The van der Waals surface area contributed by atoms with Crippen molar-refractivity contribution in [3.8, 4) is 0 Å². The van der Waals surface area contributed by atoms with E-state index < -0.39 is 5.60 Å². The van der Waals surface area contributed by atoms with Gasteiger partial charge in [0.1, 0.15) is 5.60 Å². The summed E-state index contributed by atoms with van der Waals surface area (Å²) in [6.07, 6.45) is -0.265. The van der Waals surface area contributed by atoms with E-state index in [1.54, 1.807) is 11.0 Å². The Morgan fingerprint density at radius 1 is 1.27 bits per heavy atom. The molecule has 1 aliphatic heterocycles. The van der Waals surface area contributed by atoms with Crippen LogP contribution in [0.4, 0.5) is 4.79 Å². The number of amides is 1. The fraction of sp³-hybridized carbons (Fsp3) is 0.579. The molecule has 0 radical (unpaired) electrons. The van der Waals surface area contributed by atoms with Gasteiger partial charge in [-0.1, -0.05) is 15.9 Å². The maximum atomic E-state index is 12.3. The third kappa shape index (κ3) is 5.45. The van der Waals surface area contributed by atoms with Gasteiger partial charge in [-0.3, -0.25) is 4.90 Å². The number of ether oxygens (including phenoxy) is 2. The molecule has 1 saturated heterocycles. The van der Waals surface area contributed by atoms with Gasteiger partial charge in [-0.15, -0.1) is 0 Å². The van der Waals surface area contributed by atoms with Crippen LogP contribution in [0.1, 0.15) is 43.6 Å². The van der Waals surface area contributed by atoms with E-state index in [0.29, 0.717) is 18.7 Å². The Labute approximate surface area is 163 Å². The Bertz CT molecular complexity index is 672. The van der Waals surface area contributed by atoms with Crippen molar-refractivity contribution in [2.45, 2.75) is 45.9 Å². The lowest BCUT2D eigenvalue weighted by molar-refractivity contribution is 0.000508. The van der Waals surface area contributed by atoms with Gasteiger partial charge in [-0.25, -0.2) is 9.59 Å². The summed E-state index contributed by atoms with van der Waals surface area (Å²) in [5, 5.41) is 0. The van der Waals surface area contributed by atoms with Gasteiger partial charge in [0.25, 0.3) is 0 Å². The van der Waals surface area contributed by atoms with Crippen LogP contribution < -0.4 is 0 Å². The molecule has 1 heterocycles. The third-order valence-electron chi connectivity index (χ3n) is 4.20. The molecule has 6 nitrogen and oxygen atoms in total. The fourth-order valence-electron chi connectivity index (χ4n) is 2.95. The molecular weight excluding hydrogens is 400 g/mol. The van der Waals surface area contributed by atoms with E-state index in [-0.39, 0.29) is 18.1 Å². The van der Waals surface area contributed by atoms with Crippen LogP contribution in [0.2, 0.25) is 0 Å². The Hall–Kier alpha value is -1.60. The molecule has 1 aromatic rings. The van der Waals surface area contributed by atoms with E-state index >= 15 is 0 Å². The molecule has 1 atom stereocenters. The molecule has 144 valence electrons. The molecule has 26 heavy (non-hydrogen) atoms. The van der Waals surface area contributed by atoms with E-state index in [2.05, 4.69) is 20.8 Å². The molecule has 0 bridgehead atoms. The van der Waals surface area contributed by atoms with Crippen molar-refractivity contribution in [3.05, 3.63) is 33.8 Å². The average molecular weight is 427 g/mol. The van der Waals surface area contributed by atoms with Gasteiger partial charge in [0, 0.05) is 36.7 Å². The van der Waals surface area contributed by atoms with Crippen molar-refractivity contribution in [3.63, 3.8) is 0 Å². The first-order chi connectivity index (χ1) is 12.1. The quantitative estimate of drug-likeness (QED) is 0.689. The maximum absolute atomic E-state index is 12.3. The van der Waals surface area contributed by atoms with Crippen LogP contribution >= 0.6 is 15.9 Å². The standard InChI is InChI=1S/C19H27BrN2O4/c1-13-11-21(8-9-22(13)18(24)26-19(2,3)4)12-15-10-14(17(23)25-5)6-7-16(15)20/h6-7,10,13H,8-9,11-12H2,1-5H3. The summed E-state index contributed by atoms with van der Waals surface area (Å²) in [6.45, 7) is 10.4. The first kappa shape index (κ1) is 20.7. The molecule has 1 aliphatic rings. The van der Waals surface area contributed by atoms with Crippen molar-refractivity contribution < 1.29 is 19.1 Å². The SMILES string of the molecule is COC(=O)c1ccc(Br)c(CN2CCN(C(=O)OC(C)(C)C)C(C)C2)c1. The zero-order valence-corrected chi connectivity index (χ0v) is 17.6. The third-order valence-corrected chi connectivity index (χ3v) is 4.97. The second-order valence-corrected chi connectivity index (χ2v) is 8.41. The number of methoxy groups -OCH3 is 1. The topological polar surface area (TPSA) is 59.1 Å². The maximum Gasteiger partial charge on any atom is 0.410 e. The van der Waals surface area contributed by atoms with Crippen LogP contribution in [0.3, 0.4) is 0 Å². The minimum atomic E-state index is -0.493. The van der Waals surface area contributed by atoms with Gasteiger partial charge in [0.05, 0.1) is 12.7 Å². The highest BCUT2D eigenvalue weighted by atomic mass is 79.9. The van der Waals surface area contributed by atoms with Crippen molar-refractivity contribution in [2.75, 3.05) is 26.7 Å². The molecule has 2 rings (SSSR count). The number of piperazine rings is 1. The molecule has 0 N–H and O–H groups in total. The molecular formula is C19H27BrN2O4. The van der Waals surface area contributed by atoms with Crippen LogP contribution in [0.15, 0.2) is 22.7 Å². The summed E-state index contributed by atoms with van der Waals surface area (Å²) in [7, 11) is 1.38. The van der Waals surface area contributed by atoms with Gasteiger partial charge < -0.3 is 14.4 Å². The minimum absolute atomic E-state index is 0.0566. The first-order valence-electron chi connectivity index (χ1n) is 8.69. The van der Waals surface area contributed by atoms with Crippen molar-refractivity contribution in [1.29, 1.82) is 0 Å². The van der Waals surface area contributed by atoms with E-state index in [0.717, 1.165) is 23.1 Å². The lowest BCUT2D eigenvalue weighted by atomic mass is 10.1. The highest BCUT2D eigenvalue weighted by molar-refractivity contribution is 9.10. The number of rotatable bonds is 3. The van der Waals surface area contributed by atoms with E-state index in [1.165, 1.54) is 7.11 Å². The summed E-state index contributed by atoms with van der Waals surface area (Å²) < 4.78 is 11.2. The summed E-state index contributed by atoms with van der Waals surface area (Å²) >= 11 is 3.55. The number of hydrogen-bond acceptors (Lipinski definition) is 5. The van der Waals surface area contributed by atoms with Gasteiger partial charge in [0.15, 0.2) is 0 Å². The lowest BCUT2D eigenvalue weighted by Crippen LogP contribution is -2.54. The predicted octanol–water partition coefficient (Wildman–Crippen LogP) is 3.68. The molecule has 1 fully saturated rings. The predicted molar refractivity (Wildman–Crippen MR) is 103 cm³/mol. The van der Waals surface area contributed by atoms with Gasteiger partial charge in [-0.2, -0.15) is 0 Å². The molecule has 1 unspecified atom stereocenters. The van der Waals surface area contributed by atoms with Crippen LogP contribution in [0, 0.1) is 0 Å². The molecule has 1 aromatic carbocycles. The largest absolute Gasteiger partial charge is 0.465 e. The highest BCUT2D eigenvalue weighted by Crippen LogP contribution is 2.23. The lowest BCUT2D eigenvalue weighted by Gasteiger charge is -2.40. The second-order valence-electron chi connectivity index (χ2n) is 7.56. The first-order valence-corrected chi connectivity index (χ1v) is 9.48. The molecule has 0 aliphatic carbocycles. The van der Waals surface area contributed by atoms with Gasteiger partial charge in [-0.05, 0) is 51.5 Å². The minimum Gasteiger partial charge on any atom is -0.465 e. The smallest absolute Gasteiger partial charge is 0.410 e. The number of carbonyl (C=O) groups is 2. The van der Waals surface area contributed by atoms with Crippen LogP contribution in [-0.2, 0) is 16.0 Å². The van der Waals surface area contributed by atoms with Crippen LogP contribution in [0.25, 0.3) is 0 Å². The Morgan fingerprint density at radius 2 is 1.96 bits per heavy atom. The number of halogens is 1. The number of hydrogen-bond donors (Lipinski definition) is 0. The van der Waals surface area contributed by atoms with Crippen molar-refractivity contribution in [2.24, 2.45) is 0 Å². The Morgan fingerprint density at radius 3 is 2.54 bits per heavy atom. The van der Waals surface area contributed by atoms with E-state index in [1.807, 2.05) is 39.8 Å². The molecule has 0 saturated carbocycles. The number of carbonyl (C=O) groups excluding carboxylic acids is 2. The fourth-order valence-corrected chi connectivity index (χ4v) is 3.32.